The van der Waals surface area contributed by atoms with Crippen molar-refractivity contribution in [1.82, 2.24) is 15.4 Å². The van der Waals surface area contributed by atoms with Crippen LogP contribution in [0.4, 0.5) is 0 Å². The van der Waals surface area contributed by atoms with Crippen molar-refractivity contribution in [2.24, 2.45) is 0 Å². The number of halogens is 1. The van der Waals surface area contributed by atoms with Crippen molar-refractivity contribution in [1.29, 1.82) is 0 Å². The second kappa shape index (κ2) is 5.16. The van der Waals surface area contributed by atoms with Gasteiger partial charge in [0.1, 0.15) is 0 Å². The highest BCUT2D eigenvalue weighted by Crippen LogP contribution is 2.23. The lowest BCUT2D eigenvalue weighted by Crippen LogP contribution is -1.94. The van der Waals surface area contributed by atoms with Gasteiger partial charge in [-0.3, -0.25) is 0 Å². The molecule has 0 saturated heterocycles. The van der Waals surface area contributed by atoms with Gasteiger partial charge >= 0.3 is 0 Å². The lowest BCUT2D eigenvalue weighted by atomic mass is 10.1. The maximum atomic E-state index is 5.99. The maximum Gasteiger partial charge on any atom is 0.0970 e. The number of benzene rings is 2. The molecule has 0 aliphatic rings. The van der Waals surface area contributed by atoms with Gasteiger partial charge in [0.15, 0.2) is 0 Å². The molecule has 2 aromatic carbocycles. The van der Waals surface area contributed by atoms with E-state index >= 15 is 0 Å². The van der Waals surface area contributed by atoms with Gasteiger partial charge in [-0.1, -0.05) is 54.1 Å². The molecule has 0 saturated carbocycles. The molecule has 4 heteroatoms. The van der Waals surface area contributed by atoms with Crippen LogP contribution in [-0.4, -0.2) is 15.4 Å². The van der Waals surface area contributed by atoms with Gasteiger partial charge in [-0.2, -0.15) is 0 Å². The summed E-state index contributed by atoms with van der Waals surface area (Å²) in [5, 5.41) is 12.6. The van der Waals surface area contributed by atoms with E-state index in [0.717, 1.165) is 22.5 Å². The number of hydrogen-bond donors (Lipinski definition) is 0. The van der Waals surface area contributed by atoms with Crippen LogP contribution in [0.15, 0.2) is 60.7 Å². The van der Waals surface area contributed by atoms with Crippen molar-refractivity contribution in [3.63, 3.8) is 0 Å². The molecule has 0 N–H and O–H groups in total. The van der Waals surface area contributed by atoms with Gasteiger partial charge in [0.05, 0.1) is 11.4 Å². The Balaban J connectivity index is 2.06. The Kier molecular flexibility index (Phi) is 3.21. The minimum absolute atomic E-state index is 0.678. The van der Waals surface area contributed by atoms with Crippen molar-refractivity contribution in [3.8, 4) is 22.5 Å². The highest BCUT2D eigenvalue weighted by atomic mass is 35.5. The van der Waals surface area contributed by atoms with Crippen LogP contribution in [0.5, 0.6) is 0 Å². The molecule has 0 bridgehead atoms. The predicted molar refractivity (Wildman–Crippen MR) is 75.7 cm³/mol. The molecule has 1 heterocycles. The van der Waals surface area contributed by atoms with E-state index in [9.17, 15) is 0 Å². The van der Waals surface area contributed by atoms with Crippen LogP contribution in [0, 0.1) is 0 Å². The second-order valence-electron chi connectivity index (χ2n) is 4.08. The summed E-state index contributed by atoms with van der Waals surface area (Å²) in [4.78, 5) is 0. The Morgan fingerprint density at radius 2 is 1.37 bits per heavy atom. The zero-order chi connectivity index (χ0) is 13.1. The van der Waals surface area contributed by atoms with Crippen molar-refractivity contribution < 1.29 is 0 Å². The zero-order valence-electron chi connectivity index (χ0n) is 9.99. The minimum atomic E-state index is 0.678. The van der Waals surface area contributed by atoms with Gasteiger partial charge in [0.2, 0.25) is 0 Å². The van der Waals surface area contributed by atoms with E-state index < -0.39 is 0 Å². The summed E-state index contributed by atoms with van der Waals surface area (Å²) < 4.78 is 0. The van der Waals surface area contributed by atoms with Crippen LogP contribution in [0.1, 0.15) is 0 Å². The maximum absolute atomic E-state index is 5.99. The Labute approximate surface area is 115 Å². The molecule has 0 amide bonds. The lowest BCUT2D eigenvalue weighted by molar-refractivity contribution is 0.876. The molecule has 0 fully saturated rings. The SMILES string of the molecule is Clc1cccc(-c2cc(-c3ccccc3)nnn2)c1. The number of hydrogen-bond acceptors (Lipinski definition) is 3. The summed E-state index contributed by atoms with van der Waals surface area (Å²) in [6.45, 7) is 0. The molecule has 1 aromatic heterocycles. The largest absolute Gasteiger partial charge is 0.130 e. The molecular weight excluding hydrogens is 258 g/mol. The third-order valence-corrected chi connectivity index (χ3v) is 3.00. The molecule has 3 rings (SSSR count). The van der Waals surface area contributed by atoms with Crippen LogP contribution >= 0.6 is 11.6 Å². The Morgan fingerprint density at radius 3 is 2.11 bits per heavy atom. The van der Waals surface area contributed by atoms with Gasteiger partial charge in [0.25, 0.3) is 0 Å². The lowest BCUT2D eigenvalue weighted by Gasteiger charge is -2.03. The van der Waals surface area contributed by atoms with Crippen LogP contribution in [0.3, 0.4) is 0 Å². The van der Waals surface area contributed by atoms with E-state index in [0.29, 0.717) is 5.02 Å². The molecule has 92 valence electrons. The first-order valence-electron chi connectivity index (χ1n) is 5.85. The molecule has 3 nitrogen and oxygen atoms in total. The fourth-order valence-electron chi connectivity index (χ4n) is 1.84. The van der Waals surface area contributed by atoms with Gasteiger partial charge in [-0.15, -0.1) is 10.2 Å². The van der Waals surface area contributed by atoms with Crippen LogP contribution < -0.4 is 0 Å². The van der Waals surface area contributed by atoms with E-state index in [-0.39, 0.29) is 0 Å². The molecule has 0 aliphatic carbocycles. The Hall–Kier alpha value is -2.26. The topological polar surface area (TPSA) is 38.7 Å². The average Bonchev–Trinajstić information content (AvgIpc) is 2.48. The third kappa shape index (κ3) is 2.61. The summed E-state index contributed by atoms with van der Waals surface area (Å²) in [5.41, 5.74) is 3.50. The zero-order valence-corrected chi connectivity index (χ0v) is 10.7. The summed E-state index contributed by atoms with van der Waals surface area (Å²) in [7, 11) is 0. The van der Waals surface area contributed by atoms with Crippen LogP contribution in [0.2, 0.25) is 5.02 Å². The normalized spacial score (nSPS) is 10.4. The van der Waals surface area contributed by atoms with Gasteiger partial charge < -0.3 is 0 Å². The molecule has 0 radical (unpaired) electrons. The summed E-state index contributed by atoms with van der Waals surface area (Å²) in [6, 6.07) is 19.3. The molecule has 0 unspecified atom stereocenters. The Morgan fingerprint density at radius 1 is 0.684 bits per heavy atom. The number of nitrogens with zero attached hydrogens (tertiary/aromatic N) is 3. The number of aromatic nitrogens is 3. The van der Waals surface area contributed by atoms with Gasteiger partial charge in [-0.05, 0) is 23.4 Å². The van der Waals surface area contributed by atoms with E-state index in [1.807, 2.05) is 60.7 Å². The van der Waals surface area contributed by atoms with Crippen molar-refractivity contribution in [2.75, 3.05) is 0 Å². The molecule has 19 heavy (non-hydrogen) atoms. The fraction of sp³-hybridized carbons (Fsp3) is 0. The second-order valence-corrected chi connectivity index (χ2v) is 4.52. The summed E-state index contributed by atoms with van der Waals surface area (Å²) in [6.07, 6.45) is 0. The quantitative estimate of drug-likeness (QED) is 0.708. The standard InChI is InChI=1S/C15H10ClN3/c16-13-8-4-7-12(9-13)15-10-14(17-19-18-15)11-5-2-1-3-6-11/h1-10H. The van der Waals surface area contributed by atoms with Gasteiger partial charge in [0, 0.05) is 16.1 Å². The monoisotopic (exact) mass is 267 g/mol. The average molecular weight is 268 g/mol. The van der Waals surface area contributed by atoms with E-state index in [1.54, 1.807) is 0 Å². The summed E-state index contributed by atoms with van der Waals surface area (Å²) >= 11 is 5.99. The first-order chi connectivity index (χ1) is 9.33. The highest BCUT2D eigenvalue weighted by Gasteiger charge is 2.05. The predicted octanol–water partition coefficient (Wildman–Crippen LogP) is 3.86. The first kappa shape index (κ1) is 11.8. The molecule has 0 aliphatic heterocycles. The van der Waals surface area contributed by atoms with Crippen molar-refractivity contribution in [2.45, 2.75) is 0 Å². The first-order valence-corrected chi connectivity index (χ1v) is 6.22. The minimum Gasteiger partial charge on any atom is -0.130 e. The van der Waals surface area contributed by atoms with Crippen molar-refractivity contribution >= 4 is 11.6 Å². The molecule has 0 spiro atoms. The Bertz CT molecular complexity index is 699. The van der Waals surface area contributed by atoms with E-state index in [2.05, 4.69) is 15.4 Å². The fourth-order valence-corrected chi connectivity index (χ4v) is 2.04. The van der Waals surface area contributed by atoms with Crippen molar-refractivity contribution in [3.05, 3.63) is 65.7 Å². The van der Waals surface area contributed by atoms with Crippen LogP contribution in [0.25, 0.3) is 22.5 Å². The van der Waals surface area contributed by atoms with Gasteiger partial charge in [-0.25, -0.2) is 0 Å². The smallest absolute Gasteiger partial charge is 0.0970 e. The third-order valence-electron chi connectivity index (χ3n) is 2.77. The molecule has 0 atom stereocenters. The molecular formula is C15H10ClN3. The highest BCUT2D eigenvalue weighted by molar-refractivity contribution is 6.30. The summed E-state index contributed by atoms with van der Waals surface area (Å²) in [5.74, 6) is 0. The van der Waals surface area contributed by atoms with E-state index in [4.69, 9.17) is 11.6 Å². The van der Waals surface area contributed by atoms with E-state index in [1.165, 1.54) is 0 Å². The molecule has 3 aromatic rings. The number of rotatable bonds is 2. The van der Waals surface area contributed by atoms with Crippen LogP contribution in [-0.2, 0) is 0 Å².